The molecule has 0 aliphatic rings. The summed E-state index contributed by atoms with van der Waals surface area (Å²) in [6, 6.07) is 26.9. The highest BCUT2D eigenvalue weighted by Gasteiger charge is 2.35. The molecule has 0 unspecified atom stereocenters. The molecule has 0 saturated heterocycles. The lowest BCUT2D eigenvalue weighted by molar-refractivity contribution is -0.140. The Kier molecular flexibility index (Phi) is 11.9. The van der Waals surface area contributed by atoms with Crippen LogP contribution in [0.3, 0.4) is 0 Å². The summed E-state index contributed by atoms with van der Waals surface area (Å²) in [5.41, 5.74) is 3.77. The number of nitrogens with one attached hydrogen (secondary N) is 1. The van der Waals surface area contributed by atoms with Crippen molar-refractivity contribution >= 4 is 50.7 Å². The van der Waals surface area contributed by atoms with Gasteiger partial charge < -0.3 is 10.2 Å². The Bertz CT molecular complexity index is 1750. The predicted molar refractivity (Wildman–Crippen MR) is 186 cm³/mol. The van der Waals surface area contributed by atoms with Gasteiger partial charge in [-0.2, -0.15) is 0 Å². The van der Waals surface area contributed by atoms with Gasteiger partial charge >= 0.3 is 0 Å². The summed E-state index contributed by atoms with van der Waals surface area (Å²) >= 11 is 12.5. The van der Waals surface area contributed by atoms with E-state index in [1.165, 1.54) is 35.2 Å². The molecular formula is C36H39Cl2N3O4S. The number of benzene rings is 4. The third-order valence-corrected chi connectivity index (χ3v) is 10.4. The smallest absolute Gasteiger partial charge is 0.264 e. The molecule has 0 aliphatic carbocycles. The fourth-order valence-corrected chi connectivity index (χ4v) is 6.59. The van der Waals surface area contributed by atoms with Gasteiger partial charge in [-0.25, -0.2) is 8.42 Å². The highest BCUT2D eigenvalue weighted by atomic mass is 35.5. The number of rotatable bonds is 13. The highest BCUT2D eigenvalue weighted by Crippen LogP contribution is 2.31. The van der Waals surface area contributed by atoms with Crippen LogP contribution in [0, 0.1) is 13.8 Å². The molecule has 4 rings (SSSR count). The number of anilines is 1. The molecule has 2 atom stereocenters. The van der Waals surface area contributed by atoms with Crippen molar-refractivity contribution in [3.05, 3.63) is 129 Å². The third kappa shape index (κ3) is 8.90. The zero-order valence-corrected chi connectivity index (χ0v) is 28.7. The molecule has 1 N–H and O–H groups in total. The van der Waals surface area contributed by atoms with E-state index in [0.717, 1.165) is 26.6 Å². The summed E-state index contributed by atoms with van der Waals surface area (Å²) in [4.78, 5) is 30.0. The molecule has 10 heteroatoms. The van der Waals surface area contributed by atoms with Gasteiger partial charge in [0, 0.05) is 19.0 Å². The number of amides is 2. The van der Waals surface area contributed by atoms with Crippen molar-refractivity contribution in [1.29, 1.82) is 0 Å². The lowest BCUT2D eigenvalue weighted by atomic mass is 10.0. The number of aryl methyl sites for hydroxylation is 2. The molecule has 4 aromatic rings. The van der Waals surface area contributed by atoms with Crippen LogP contribution in [0.25, 0.3) is 0 Å². The minimum absolute atomic E-state index is 0.0115. The van der Waals surface area contributed by atoms with E-state index in [2.05, 4.69) is 5.32 Å². The van der Waals surface area contributed by atoms with Gasteiger partial charge in [0.25, 0.3) is 10.0 Å². The van der Waals surface area contributed by atoms with Gasteiger partial charge in [-0.15, -0.1) is 0 Å². The van der Waals surface area contributed by atoms with Crippen LogP contribution in [-0.2, 0) is 32.6 Å². The second-order valence-electron chi connectivity index (χ2n) is 11.5. The zero-order chi connectivity index (χ0) is 33.4. The van der Waals surface area contributed by atoms with Crippen molar-refractivity contribution in [2.45, 2.75) is 64.1 Å². The topological polar surface area (TPSA) is 86.8 Å². The Balaban J connectivity index is 1.82. The molecule has 0 fully saturated rings. The quantitative estimate of drug-likeness (QED) is 0.160. The Morgan fingerprint density at radius 3 is 2.00 bits per heavy atom. The van der Waals surface area contributed by atoms with E-state index in [0.29, 0.717) is 6.42 Å². The molecule has 46 heavy (non-hydrogen) atoms. The van der Waals surface area contributed by atoms with E-state index in [-0.39, 0.29) is 45.5 Å². The van der Waals surface area contributed by atoms with E-state index >= 15 is 0 Å². The van der Waals surface area contributed by atoms with Gasteiger partial charge in [-0.05, 0) is 68.7 Å². The summed E-state index contributed by atoms with van der Waals surface area (Å²) < 4.78 is 29.4. The van der Waals surface area contributed by atoms with Crippen LogP contribution in [0.15, 0.2) is 102 Å². The van der Waals surface area contributed by atoms with Crippen LogP contribution in [-0.4, -0.2) is 43.8 Å². The molecular weight excluding hydrogens is 641 g/mol. The van der Waals surface area contributed by atoms with Gasteiger partial charge in [0.15, 0.2) is 0 Å². The minimum Gasteiger partial charge on any atom is -0.352 e. The average molecular weight is 681 g/mol. The number of hydrogen-bond acceptors (Lipinski definition) is 4. The van der Waals surface area contributed by atoms with E-state index in [9.17, 15) is 18.0 Å². The average Bonchev–Trinajstić information content (AvgIpc) is 3.04. The van der Waals surface area contributed by atoms with Gasteiger partial charge in [0.2, 0.25) is 11.8 Å². The maximum Gasteiger partial charge on any atom is 0.264 e. The van der Waals surface area contributed by atoms with E-state index < -0.39 is 28.5 Å². The first-order valence-corrected chi connectivity index (χ1v) is 17.3. The van der Waals surface area contributed by atoms with Crippen molar-refractivity contribution in [1.82, 2.24) is 10.2 Å². The summed E-state index contributed by atoms with van der Waals surface area (Å²) in [5, 5.41) is 3.43. The van der Waals surface area contributed by atoms with Crippen LogP contribution in [0.1, 0.15) is 42.5 Å². The van der Waals surface area contributed by atoms with Crippen LogP contribution in [0.2, 0.25) is 10.0 Å². The van der Waals surface area contributed by atoms with Crippen molar-refractivity contribution < 1.29 is 18.0 Å². The Labute approximate surface area is 282 Å². The Hall–Kier alpha value is -3.85. The fraction of sp³-hybridized carbons (Fsp3) is 0.278. The number of carbonyl (C=O) groups excluding carboxylic acids is 2. The van der Waals surface area contributed by atoms with Crippen molar-refractivity contribution in [2.24, 2.45) is 0 Å². The van der Waals surface area contributed by atoms with Crippen molar-refractivity contribution in [2.75, 3.05) is 10.8 Å². The largest absolute Gasteiger partial charge is 0.352 e. The third-order valence-electron chi connectivity index (χ3n) is 7.82. The summed E-state index contributed by atoms with van der Waals surface area (Å²) in [7, 11) is -4.25. The van der Waals surface area contributed by atoms with Crippen molar-refractivity contribution in [3.63, 3.8) is 0 Å². The van der Waals surface area contributed by atoms with Crippen LogP contribution in [0.5, 0.6) is 0 Å². The van der Waals surface area contributed by atoms with Gasteiger partial charge in [0.05, 0.1) is 20.6 Å². The van der Waals surface area contributed by atoms with Gasteiger partial charge in [-0.3, -0.25) is 13.9 Å². The zero-order valence-electron chi connectivity index (χ0n) is 26.4. The minimum atomic E-state index is -4.25. The fourth-order valence-electron chi connectivity index (χ4n) is 4.89. The van der Waals surface area contributed by atoms with Crippen LogP contribution >= 0.6 is 23.2 Å². The van der Waals surface area contributed by atoms with Gasteiger partial charge in [0.1, 0.15) is 12.6 Å². The maximum atomic E-state index is 14.6. The molecule has 0 bridgehead atoms. The number of sulfonamides is 1. The number of carbonyl (C=O) groups is 2. The molecule has 0 radical (unpaired) electrons. The number of nitrogens with zero attached hydrogens (tertiary/aromatic N) is 2. The molecule has 0 aromatic heterocycles. The molecule has 0 aliphatic heterocycles. The highest BCUT2D eigenvalue weighted by molar-refractivity contribution is 7.92. The standard InChI is InChI=1S/C36H39Cl2N3O4S/c1-5-27(4)39-36(43)34(21-28-9-7-6-8-10-28)40(23-29-15-11-25(2)12-16-29)35(42)24-41(30-17-20-32(37)33(38)22-30)46(44,45)31-18-13-26(3)14-19-31/h6-20,22,27,34H,5,21,23-24H2,1-4H3,(H,39,43)/t27-,34+/m1/s1. The molecule has 2 amide bonds. The number of halogens is 2. The van der Waals surface area contributed by atoms with E-state index in [1.807, 2.05) is 82.3 Å². The lowest BCUT2D eigenvalue weighted by Gasteiger charge is -2.34. The SMILES string of the molecule is CC[C@@H](C)NC(=O)[C@H](Cc1ccccc1)N(Cc1ccc(C)cc1)C(=O)CN(c1ccc(Cl)c(Cl)c1)S(=O)(=O)c1ccc(C)cc1. The molecule has 7 nitrogen and oxygen atoms in total. The monoisotopic (exact) mass is 679 g/mol. The second kappa shape index (κ2) is 15.6. The maximum absolute atomic E-state index is 14.6. The molecule has 0 spiro atoms. The molecule has 4 aromatic carbocycles. The van der Waals surface area contributed by atoms with E-state index in [1.54, 1.807) is 12.1 Å². The van der Waals surface area contributed by atoms with Gasteiger partial charge in [-0.1, -0.05) is 108 Å². The first-order valence-electron chi connectivity index (χ1n) is 15.1. The lowest BCUT2D eigenvalue weighted by Crippen LogP contribution is -2.54. The number of hydrogen-bond donors (Lipinski definition) is 1. The normalized spacial score (nSPS) is 12.7. The summed E-state index contributed by atoms with van der Waals surface area (Å²) in [6.45, 7) is 7.21. The Morgan fingerprint density at radius 1 is 0.804 bits per heavy atom. The molecule has 242 valence electrons. The first-order chi connectivity index (χ1) is 21.9. The predicted octanol–water partition coefficient (Wildman–Crippen LogP) is 7.36. The Morgan fingerprint density at radius 2 is 1.41 bits per heavy atom. The second-order valence-corrected chi connectivity index (χ2v) is 14.1. The summed E-state index contributed by atoms with van der Waals surface area (Å²) in [5.74, 6) is -0.872. The van der Waals surface area contributed by atoms with E-state index in [4.69, 9.17) is 23.2 Å². The van der Waals surface area contributed by atoms with Crippen LogP contribution in [0.4, 0.5) is 5.69 Å². The molecule has 0 heterocycles. The molecule has 0 saturated carbocycles. The van der Waals surface area contributed by atoms with Crippen molar-refractivity contribution in [3.8, 4) is 0 Å². The summed E-state index contributed by atoms with van der Waals surface area (Å²) in [6.07, 6.45) is 0.938. The van der Waals surface area contributed by atoms with Crippen LogP contribution < -0.4 is 9.62 Å². The first kappa shape index (κ1) is 35.0.